The van der Waals surface area contributed by atoms with E-state index in [2.05, 4.69) is 23.2 Å². The fourth-order valence-corrected chi connectivity index (χ4v) is 4.79. The Morgan fingerprint density at radius 2 is 2.00 bits per heavy atom. The summed E-state index contributed by atoms with van der Waals surface area (Å²) >= 11 is 1.67. The zero-order chi connectivity index (χ0) is 19.3. The number of aromatic nitrogens is 2. The average Bonchev–Trinajstić information content (AvgIpc) is 3.33. The number of thiophene rings is 1. The van der Waals surface area contributed by atoms with Crippen molar-refractivity contribution in [3.8, 4) is 11.1 Å². The molecule has 1 aliphatic rings. The normalized spacial score (nSPS) is 18.5. The molecule has 0 amide bonds. The molecule has 0 radical (unpaired) electrons. The molecule has 0 spiro atoms. The van der Waals surface area contributed by atoms with Gasteiger partial charge in [-0.05, 0) is 47.7 Å². The summed E-state index contributed by atoms with van der Waals surface area (Å²) in [6, 6.07) is 17.8. The molecule has 5 rings (SSSR count). The van der Waals surface area contributed by atoms with Gasteiger partial charge in [0.1, 0.15) is 11.4 Å². The summed E-state index contributed by atoms with van der Waals surface area (Å²) in [5.41, 5.74) is 10.6. The van der Waals surface area contributed by atoms with Crippen LogP contribution in [0.3, 0.4) is 0 Å². The fraction of sp³-hybridized carbons (Fsp3) is 0.136. The van der Waals surface area contributed by atoms with E-state index in [0.29, 0.717) is 18.1 Å². The van der Waals surface area contributed by atoms with Crippen molar-refractivity contribution >= 4 is 34.0 Å². The van der Waals surface area contributed by atoms with Crippen LogP contribution >= 0.6 is 11.3 Å². The van der Waals surface area contributed by atoms with Gasteiger partial charge in [0, 0.05) is 11.3 Å². The maximum absolute atomic E-state index is 7.22. The highest BCUT2D eigenvalue weighted by atomic mass is 32.1. The number of imidazole rings is 1. The second-order valence-corrected chi connectivity index (χ2v) is 8.05. The Morgan fingerprint density at radius 1 is 1.14 bits per heavy atom. The van der Waals surface area contributed by atoms with Crippen molar-refractivity contribution in [2.75, 3.05) is 0 Å². The van der Waals surface area contributed by atoms with Crippen LogP contribution < -0.4 is 5.73 Å². The molecule has 4 aromatic rings. The molecule has 0 fully saturated rings. The number of nitrogens with zero attached hydrogens (tertiary/aromatic N) is 4. The molecule has 0 aliphatic carbocycles. The largest absolute Gasteiger partial charge is 0.369 e. The predicted octanol–water partition coefficient (Wildman–Crippen LogP) is 4.95. The summed E-state index contributed by atoms with van der Waals surface area (Å²) < 4.78 is 1.95. The van der Waals surface area contributed by atoms with E-state index in [0.717, 1.165) is 32.9 Å². The lowest BCUT2D eigenvalue weighted by molar-refractivity contribution is 0.472. The Labute approximate surface area is 166 Å². The van der Waals surface area contributed by atoms with Crippen molar-refractivity contribution in [2.24, 2.45) is 10.7 Å². The maximum atomic E-state index is 7.22. The zero-order valence-corrected chi connectivity index (χ0v) is 16.1. The quantitative estimate of drug-likeness (QED) is 0.498. The lowest BCUT2D eigenvalue weighted by Gasteiger charge is -2.29. The number of benzene rings is 2. The van der Waals surface area contributed by atoms with E-state index < -0.39 is 5.54 Å². The van der Waals surface area contributed by atoms with Gasteiger partial charge in [-0.2, -0.15) is 0 Å². The zero-order valence-electron chi connectivity index (χ0n) is 15.3. The summed E-state index contributed by atoms with van der Waals surface area (Å²) in [5.74, 6) is 1.41. The minimum absolute atomic E-state index is 0.457. The first-order chi connectivity index (χ1) is 13.6. The number of para-hydroxylation sites is 2. The van der Waals surface area contributed by atoms with Crippen molar-refractivity contribution in [3.63, 3.8) is 0 Å². The summed E-state index contributed by atoms with van der Waals surface area (Å²) in [5, 5.41) is 2.12. The number of aliphatic imine (C=N–C) groups is 1. The van der Waals surface area contributed by atoms with Crippen molar-refractivity contribution in [1.82, 2.24) is 9.55 Å². The van der Waals surface area contributed by atoms with Gasteiger partial charge in [0.2, 0.25) is 5.96 Å². The lowest BCUT2D eigenvalue weighted by Crippen LogP contribution is -2.37. The minimum Gasteiger partial charge on any atom is -0.369 e. The van der Waals surface area contributed by atoms with Gasteiger partial charge in [0.05, 0.1) is 17.6 Å². The Morgan fingerprint density at radius 3 is 2.86 bits per heavy atom. The van der Waals surface area contributed by atoms with Crippen molar-refractivity contribution in [1.29, 1.82) is 0 Å². The SMILES string of the molecule is [C-]#[N+]c1cccc(-c2csc([C@]3(C)Cc4nc5ccccc5n4C(N)=N3)c2)c1. The molecule has 0 unspecified atom stereocenters. The third-order valence-electron chi connectivity index (χ3n) is 5.16. The van der Waals surface area contributed by atoms with Crippen LogP contribution in [0.15, 0.2) is 65.0 Å². The molecule has 2 aromatic heterocycles. The van der Waals surface area contributed by atoms with Crippen LogP contribution in [0.5, 0.6) is 0 Å². The number of hydrogen-bond donors (Lipinski definition) is 1. The van der Waals surface area contributed by atoms with Crippen LogP contribution in [0, 0.1) is 6.57 Å². The van der Waals surface area contributed by atoms with Crippen LogP contribution in [0.1, 0.15) is 17.6 Å². The molecular formula is C22H17N5S. The molecule has 5 nitrogen and oxygen atoms in total. The van der Waals surface area contributed by atoms with Crippen LogP contribution in [0.25, 0.3) is 27.0 Å². The molecule has 1 atom stereocenters. The monoisotopic (exact) mass is 383 g/mol. The van der Waals surface area contributed by atoms with Gasteiger partial charge in [-0.15, -0.1) is 11.3 Å². The fourth-order valence-electron chi connectivity index (χ4n) is 3.77. The molecule has 1 aliphatic heterocycles. The average molecular weight is 383 g/mol. The third kappa shape index (κ3) is 2.52. The van der Waals surface area contributed by atoms with E-state index in [1.165, 1.54) is 0 Å². The van der Waals surface area contributed by atoms with Gasteiger partial charge in [-0.25, -0.2) is 14.8 Å². The third-order valence-corrected chi connectivity index (χ3v) is 6.35. The second kappa shape index (κ2) is 6.04. The molecule has 28 heavy (non-hydrogen) atoms. The molecular weight excluding hydrogens is 366 g/mol. The van der Waals surface area contributed by atoms with E-state index in [9.17, 15) is 0 Å². The van der Waals surface area contributed by atoms with E-state index in [1.807, 2.05) is 53.1 Å². The van der Waals surface area contributed by atoms with Crippen LogP contribution in [0.4, 0.5) is 5.69 Å². The Hall–Kier alpha value is -3.43. The van der Waals surface area contributed by atoms with E-state index >= 15 is 0 Å². The van der Waals surface area contributed by atoms with Gasteiger partial charge in [-0.1, -0.05) is 30.3 Å². The molecule has 3 heterocycles. The second-order valence-electron chi connectivity index (χ2n) is 7.13. The van der Waals surface area contributed by atoms with Gasteiger partial charge in [-0.3, -0.25) is 4.57 Å². The Balaban J connectivity index is 1.56. The summed E-state index contributed by atoms with van der Waals surface area (Å²) in [6.45, 7) is 9.33. The molecule has 6 heteroatoms. The number of rotatable bonds is 2. The van der Waals surface area contributed by atoms with Gasteiger partial charge in [0.25, 0.3) is 0 Å². The van der Waals surface area contributed by atoms with E-state index in [-0.39, 0.29) is 0 Å². The lowest BCUT2D eigenvalue weighted by atomic mass is 9.93. The van der Waals surface area contributed by atoms with E-state index in [1.54, 1.807) is 11.3 Å². The van der Waals surface area contributed by atoms with Gasteiger partial charge < -0.3 is 5.73 Å². The van der Waals surface area contributed by atoms with Crippen molar-refractivity contribution in [3.05, 3.63) is 82.1 Å². The first kappa shape index (κ1) is 16.7. The first-order valence-corrected chi connectivity index (χ1v) is 9.84. The first-order valence-electron chi connectivity index (χ1n) is 8.96. The van der Waals surface area contributed by atoms with E-state index in [4.69, 9.17) is 22.3 Å². The molecule has 0 saturated heterocycles. The van der Waals surface area contributed by atoms with Crippen molar-refractivity contribution in [2.45, 2.75) is 18.9 Å². The molecule has 136 valence electrons. The highest BCUT2D eigenvalue weighted by Crippen LogP contribution is 2.39. The minimum atomic E-state index is -0.457. The topological polar surface area (TPSA) is 60.6 Å². The highest BCUT2D eigenvalue weighted by Gasteiger charge is 2.35. The smallest absolute Gasteiger partial charge is 0.202 e. The number of hydrogen-bond acceptors (Lipinski definition) is 4. The summed E-state index contributed by atoms with van der Waals surface area (Å²) in [6.07, 6.45) is 0.685. The highest BCUT2D eigenvalue weighted by molar-refractivity contribution is 7.10. The molecule has 2 N–H and O–H groups in total. The summed E-state index contributed by atoms with van der Waals surface area (Å²) in [7, 11) is 0. The Bertz CT molecular complexity index is 1290. The van der Waals surface area contributed by atoms with Crippen molar-refractivity contribution < 1.29 is 0 Å². The van der Waals surface area contributed by atoms with Crippen LogP contribution in [0.2, 0.25) is 0 Å². The molecule has 0 bridgehead atoms. The van der Waals surface area contributed by atoms with Gasteiger partial charge >= 0.3 is 0 Å². The summed E-state index contributed by atoms with van der Waals surface area (Å²) in [4.78, 5) is 14.3. The number of fused-ring (bicyclic) bond motifs is 3. The number of nitrogens with two attached hydrogens (primary N) is 1. The predicted molar refractivity (Wildman–Crippen MR) is 114 cm³/mol. The molecule has 2 aromatic carbocycles. The van der Waals surface area contributed by atoms with Crippen LogP contribution in [-0.2, 0) is 12.0 Å². The van der Waals surface area contributed by atoms with Crippen LogP contribution in [-0.4, -0.2) is 15.5 Å². The maximum Gasteiger partial charge on any atom is 0.202 e. The standard InChI is InChI=1S/C22H17N5S/c1-22(19-11-15(13-28-19)14-6-5-7-16(10-14)24-2)12-20-25-17-8-3-4-9-18(17)27(20)21(23)26-22/h3-11,13H,12H2,1H3,(H2,23,26)/t22-/m0/s1. The van der Waals surface area contributed by atoms with Gasteiger partial charge in [0.15, 0.2) is 5.69 Å². The molecule has 0 saturated carbocycles. The Kier molecular flexibility index (Phi) is 3.61.